The first-order valence-corrected chi connectivity index (χ1v) is 6.83. The molecule has 0 amide bonds. The van der Waals surface area contributed by atoms with E-state index in [0.29, 0.717) is 22.9 Å². The van der Waals surface area contributed by atoms with E-state index in [9.17, 15) is 4.39 Å². The van der Waals surface area contributed by atoms with Gasteiger partial charge < -0.3 is 10.6 Å². The molecule has 1 unspecified atom stereocenters. The van der Waals surface area contributed by atoms with Gasteiger partial charge in [-0.25, -0.2) is 4.39 Å². The fraction of sp³-hybridized carbons (Fsp3) is 0.429. The first-order chi connectivity index (χ1) is 9.65. The molecule has 1 aromatic heterocycles. The van der Waals surface area contributed by atoms with Crippen LogP contribution >= 0.6 is 0 Å². The summed E-state index contributed by atoms with van der Waals surface area (Å²) < 4.78 is 14.1. The zero-order valence-electron chi connectivity index (χ0n) is 11.4. The van der Waals surface area contributed by atoms with E-state index in [2.05, 4.69) is 15.2 Å². The Hall–Kier alpha value is -1.95. The third-order valence-electron chi connectivity index (χ3n) is 3.66. The van der Waals surface area contributed by atoms with Crippen molar-refractivity contribution in [2.45, 2.75) is 25.8 Å². The molecule has 3 N–H and O–H groups in total. The van der Waals surface area contributed by atoms with E-state index in [-0.39, 0.29) is 11.9 Å². The summed E-state index contributed by atoms with van der Waals surface area (Å²) >= 11 is 0. The van der Waals surface area contributed by atoms with E-state index in [1.165, 1.54) is 0 Å². The predicted octanol–water partition coefficient (Wildman–Crippen LogP) is 1.85. The number of nitrogens with one attached hydrogen (secondary N) is 1. The number of H-pyrrole nitrogens is 1. The largest absolute Gasteiger partial charge is 0.338 e. The number of aromatic amines is 1. The highest BCUT2D eigenvalue weighted by atomic mass is 19.1. The Morgan fingerprint density at radius 2 is 2.30 bits per heavy atom. The second-order valence-corrected chi connectivity index (χ2v) is 5.27. The van der Waals surface area contributed by atoms with Crippen LogP contribution < -0.4 is 10.6 Å². The summed E-state index contributed by atoms with van der Waals surface area (Å²) in [6.07, 6.45) is 2.06. The number of aromatic nitrogens is 3. The van der Waals surface area contributed by atoms with Gasteiger partial charge in [0.05, 0.1) is 5.56 Å². The molecule has 0 bridgehead atoms. The quantitative estimate of drug-likeness (QED) is 0.877. The highest BCUT2D eigenvalue weighted by molar-refractivity contribution is 5.58. The van der Waals surface area contributed by atoms with E-state index in [1.807, 2.05) is 11.0 Å². The number of aryl methyl sites for hydroxylation is 1. The van der Waals surface area contributed by atoms with Crippen molar-refractivity contribution in [3.8, 4) is 11.4 Å². The van der Waals surface area contributed by atoms with Gasteiger partial charge in [-0.15, -0.1) is 5.10 Å². The fourth-order valence-electron chi connectivity index (χ4n) is 2.54. The minimum atomic E-state index is -0.259. The number of hydrogen-bond acceptors (Lipinski definition) is 4. The van der Waals surface area contributed by atoms with E-state index in [4.69, 9.17) is 5.73 Å². The molecule has 1 fully saturated rings. The van der Waals surface area contributed by atoms with Crippen molar-refractivity contribution in [2.75, 3.05) is 18.0 Å². The van der Waals surface area contributed by atoms with Crippen LogP contribution in [-0.4, -0.2) is 34.3 Å². The smallest absolute Gasteiger partial charge is 0.245 e. The summed E-state index contributed by atoms with van der Waals surface area (Å²) in [4.78, 5) is 6.45. The molecule has 1 atom stereocenters. The van der Waals surface area contributed by atoms with Gasteiger partial charge in [-0.3, -0.25) is 5.10 Å². The van der Waals surface area contributed by atoms with Crippen molar-refractivity contribution in [1.82, 2.24) is 15.2 Å². The number of nitrogens with two attached hydrogens (primary N) is 1. The molecule has 0 spiro atoms. The van der Waals surface area contributed by atoms with Gasteiger partial charge in [0, 0.05) is 19.1 Å². The lowest BCUT2D eigenvalue weighted by Gasteiger charge is -2.29. The highest BCUT2D eigenvalue weighted by Crippen LogP contribution is 2.24. The Morgan fingerprint density at radius 1 is 1.45 bits per heavy atom. The minimum absolute atomic E-state index is 0.154. The lowest BCUT2D eigenvalue weighted by molar-refractivity contribution is 0.500. The van der Waals surface area contributed by atoms with Crippen molar-refractivity contribution in [1.29, 1.82) is 0 Å². The Labute approximate surface area is 117 Å². The van der Waals surface area contributed by atoms with Crippen LogP contribution in [0.2, 0.25) is 0 Å². The molecule has 2 heterocycles. The molecule has 1 aromatic carbocycles. The molecule has 6 heteroatoms. The van der Waals surface area contributed by atoms with Gasteiger partial charge in [-0.2, -0.15) is 4.98 Å². The molecular formula is C14H18FN5. The minimum Gasteiger partial charge on any atom is -0.338 e. The molecule has 5 nitrogen and oxygen atoms in total. The molecule has 20 heavy (non-hydrogen) atoms. The second-order valence-electron chi connectivity index (χ2n) is 5.27. The predicted molar refractivity (Wildman–Crippen MR) is 75.9 cm³/mol. The molecule has 3 rings (SSSR count). The third kappa shape index (κ3) is 2.38. The number of anilines is 1. The van der Waals surface area contributed by atoms with Crippen molar-refractivity contribution in [3.05, 3.63) is 29.6 Å². The summed E-state index contributed by atoms with van der Waals surface area (Å²) in [5, 5.41) is 7.01. The molecule has 1 aliphatic rings. The molecular weight excluding hydrogens is 257 g/mol. The van der Waals surface area contributed by atoms with Crippen molar-refractivity contribution in [2.24, 2.45) is 5.73 Å². The highest BCUT2D eigenvalue weighted by Gasteiger charge is 2.21. The summed E-state index contributed by atoms with van der Waals surface area (Å²) in [7, 11) is 0. The van der Waals surface area contributed by atoms with Crippen LogP contribution in [0.5, 0.6) is 0 Å². The van der Waals surface area contributed by atoms with Crippen LogP contribution in [0.25, 0.3) is 11.4 Å². The molecule has 0 radical (unpaired) electrons. The van der Waals surface area contributed by atoms with Gasteiger partial charge in [0.2, 0.25) is 5.95 Å². The number of benzene rings is 1. The summed E-state index contributed by atoms with van der Waals surface area (Å²) in [6, 6.07) is 5.41. The monoisotopic (exact) mass is 275 g/mol. The maximum Gasteiger partial charge on any atom is 0.245 e. The van der Waals surface area contributed by atoms with Gasteiger partial charge in [0.1, 0.15) is 5.82 Å². The average Bonchev–Trinajstić information content (AvgIpc) is 2.91. The van der Waals surface area contributed by atoms with Gasteiger partial charge >= 0.3 is 0 Å². The summed E-state index contributed by atoms with van der Waals surface area (Å²) in [6.45, 7) is 3.37. The lowest BCUT2D eigenvalue weighted by atomic mass is 10.1. The number of halogens is 1. The summed E-state index contributed by atoms with van der Waals surface area (Å²) in [5.74, 6) is 0.793. The Kier molecular flexibility index (Phi) is 3.40. The average molecular weight is 275 g/mol. The van der Waals surface area contributed by atoms with Crippen LogP contribution in [0.1, 0.15) is 18.4 Å². The van der Waals surface area contributed by atoms with Crippen LogP contribution in [0, 0.1) is 12.7 Å². The molecule has 1 aliphatic heterocycles. The van der Waals surface area contributed by atoms with Crippen LogP contribution in [0.3, 0.4) is 0 Å². The number of rotatable bonds is 2. The summed E-state index contributed by atoms with van der Waals surface area (Å²) in [5.41, 5.74) is 7.00. The van der Waals surface area contributed by atoms with Gasteiger partial charge in [0.25, 0.3) is 0 Å². The number of hydrogen-bond donors (Lipinski definition) is 2. The van der Waals surface area contributed by atoms with Crippen LogP contribution in [-0.2, 0) is 0 Å². The van der Waals surface area contributed by atoms with E-state index >= 15 is 0 Å². The number of nitrogens with zero attached hydrogens (tertiary/aromatic N) is 3. The molecule has 0 aliphatic carbocycles. The maximum absolute atomic E-state index is 14.1. The van der Waals surface area contributed by atoms with E-state index in [0.717, 1.165) is 25.9 Å². The first kappa shape index (κ1) is 13.1. The Balaban J connectivity index is 1.88. The molecule has 0 saturated carbocycles. The zero-order chi connectivity index (χ0) is 14.1. The van der Waals surface area contributed by atoms with Gasteiger partial charge in [0.15, 0.2) is 5.82 Å². The second kappa shape index (κ2) is 5.20. The normalized spacial score (nSPS) is 19.4. The Bertz CT molecular complexity index is 609. The molecule has 1 saturated heterocycles. The standard InChI is InChI=1S/C14H18FN5/c1-9-4-2-6-11(12(9)15)13-17-14(19-18-13)20-7-3-5-10(16)8-20/h2,4,6,10H,3,5,7-8,16H2,1H3,(H,17,18,19). The van der Waals surface area contributed by atoms with Crippen LogP contribution in [0.4, 0.5) is 10.3 Å². The van der Waals surface area contributed by atoms with Crippen molar-refractivity contribution >= 4 is 5.95 Å². The van der Waals surface area contributed by atoms with Crippen LogP contribution in [0.15, 0.2) is 18.2 Å². The molecule has 106 valence electrons. The number of piperidine rings is 1. The topological polar surface area (TPSA) is 70.8 Å². The fourth-order valence-corrected chi connectivity index (χ4v) is 2.54. The Morgan fingerprint density at radius 3 is 3.10 bits per heavy atom. The maximum atomic E-state index is 14.1. The first-order valence-electron chi connectivity index (χ1n) is 6.83. The van der Waals surface area contributed by atoms with Gasteiger partial charge in [-0.05, 0) is 31.4 Å². The van der Waals surface area contributed by atoms with Crippen molar-refractivity contribution in [3.63, 3.8) is 0 Å². The lowest BCUT2D eigenvalue weighted by Crippen LogP contribution is -2.43. The zero-order valence-corrected chi connectivity index (χ0v) is 11.4. The van der Waals surface area contributed by atoms with Crippen molar-refractivity contribution < 1.29 is 4.39 Å². The SMILES string of the molecule is Cc1cccc(-c2nc(N3CCCC(N)C3)n[nH]2)c1F. The third-order valence-corrected chi connectivity index (χ3v) is 3.66. The van der Waals surface area contributed by atoms with E-state index < -0.39 is 0 Å². The molecule has 2 aromatic rings. The van der Waals surface area contributed by atoms with Gasteiger partial charge in [-0.1, -0.05) is 12.1 Å². The van der Waals surface area contributed by atoms with E-state index in [1.54, 1.807) is 19.1 Å².